The molecule has 0 unspecified atom stereocenters. The van der Waals surface area contributed by atoms with Crippen molar-refractivity contribution in [2.45, 2.75) is 19.8 Å². The molecule has 1 aromatic heterocycles. The van der Waals surface area contributed by atoms with Gasteiger partial charge in [0.1, 0.15) is 0 Å². The van der Waals surface area contributed by atoms with Gasteiger partial charge < -0.3 is 16.4 Å². The number of nitrogen functional groups attached to an aromatic ring is 1. The molecule has 106 valence electrons. The molecule has 0 saturated heterocycles. The minimum atomic E-state index is 0.0713. The Hall–Kier alpha value is -2.30. The molecule has 0 fully saturated rings. The Kier molecular flexibility index (Phi) is 4.76. The number of hydrogen-bond acceptors (Lipinski definition) is 4. The van der Waals surface area contributed by atoms with E-state index in [1.165, 1.54) is 0 Å². The van der Waals surface area contributed by atoms with E-state index in [0.29, 0.717) is 18.7 Å². The minimum absolute atomic E-state index is 0.0713. The van der Waals surface area contributed by atoms with Crippen molar-refractivity contribution in [2.75, 3.05) is 24.1 Å². The molecule has 0 atom stereocenters. The van der Waals surface area contributed by atoms with E-state index in [4.69, 9.17) is 5.73 Å². The van der Waals surface area contributed by atoms with Gasteiger partial charge in [-0.05, 0) is 30.7 Å². The van der Waals surface area contributed by atoms with Crippen LogP contribution in [0.15, 0.2) is 30.5 Å². The van der Waals surface area contributed by atoms with Crippen molar-refractivity contribution in [2.24, 2.45) is 0 Å². The molecule has 5 nitrogen and oxygen atoms in total. The number of benzene rings is 1. The van der Waals surface area contributed by atoms with Crippen LogP contribution in [0, 0.1) is 0 Å². The Morgan fingerprint density at radius 1 is 1.30 bits per heavy atom. The van der Waals surface area contributed by atoms with Crippen molar-refractivity contribution in [3.8, 4) is 0 Å². The Morgan fingerprint density at radius 2 is 2.15 bits per heavy atom. The van der Waals surface area contributed by atoms with E-state index in [9.17, 15) is 4.79 Å². The van der Waals surface area contributed by atoms with Gasteiger partial charge >= 0.3 is 0 Å². The van der Waals surface area contributed by atoms with Crippen LogP contribution in [0.1, 0.15) is 19.8 Å². The first-order chi connectivity index (χ1) is 9.70. The molecule has 1 heterocycles. The number of fused-ring (bicyclic) bond motifs is 1. The maximum absolute atomic E-state index is 11.5. The first-order valence-corrected chi connectivity index (χ1v) is 6.85. The molecule has 4 N–H and O–H groups in total. The van der Waals surface area contributed by atoms with Crippen LogP contribution >= 0.6 is 0 Å². The van der Waals surface area contributed by atoms with E-state index >= 15 is 0 Å². The maximum Gasteiger partial charge on any atom is 0.221 e. The van der Waals surface area contributed by atoms with Crippen molar-refractivity contribution >= 4 is 28.2 Å². The number of nitrogens with two attached hydrogens (primary N) is 1. The third-order valence-corrected chi connectivity index (χ3v) is 3.01. The Balaban J connectivity index is 1.98. The lowest BCUT2D eigenvalue weighted by Crippen LogP contribution is -2.25. The lowest BCUT2D eigenvalue weighted by Gasteiger charge is -2.09. The lowest BCUT2D eigenvalue weighted by atomic mass is 10.1. The smallest absolute Gasteiger partial charge is 0.221 e. The molecule has 1 aromatic carbocycles. The first-order valence-electron chi connectivity index (χ1n) is 6.85. The molecular weight excluding hydrogens is 252 g/mol. The predicted octanol–water partition coefficient (Wildman–Crippen LogP) is 2.15. The largest absolute Gasteiger partial charge is 0.399 e. The van der Waals surface area contributed by atoms with Gasteiger partial charge in [0.05, 0.1) is 5.52 Å². The van der Waals surface area contributed by atoms with Crippen molar-refractivity contribution < 1.29 is 4.79 Å². The fourth-order valence-electron chi connectivity index (χ4n) is 1.98. The van der Waals surface area contributed by atoms with Crippen LogP contribution in [0.25, 0.3) is 10.9 Å². The van der Waals surface area contributed by atoms with Crippen LogP contribution in [-0.4, -0.2) is 24.0 Å². The molecule has 0 radical (unpaired) electrons. The quantitative estimate of drug-likeness (QED) is 0.704. The van der Waals surface area contributed by atoms with Gasteiger partial charge in [0, 0.05) is 42.5 Å². The average Bonchev–Trinajstić information content (AvgIpc) is 2.45. The standard InChI is InChI=1S/C15H20N4O/c1-2-7-19-15(20)6-9-17-13-5-8-18-14-10-11(16)3-4-12(13)14/h3-5,8,10H,2,6-7,9,16H2,1H3,(H,17,18)(H,19,20). The molecule has 5 heteroatoms. The summed E-state index contributed by atoms with van der Waals surface area (Å²) < 4.78 is 0. The SMILES string of the molecule is CCCNC(=O)CCNc1ccnc2cc(N)ccc12. The number of nitrogens with zero attached hydrogens (tertiary/aromatic N) is 1. The van der Waals surface area contributed by atoms with Gasteiger partial charge in [0.2, 0.25) is 5.91 Å². The predicted molar refractivity (Wildman–Crippen MR) is 82.6 cm³/mol. The second kappa shape index (κ2) is 6.75. The molecule has 0 saturated carbocycles. The molecular formula is C15H20N4O. The highest BCUT2D eigenvalue weighted by Crippen LogP contribution is 2.23. The zero-order chi connectivity index (χ0) is 14.4. The van der Waals surface area contributed by atoms with Gasteiger partial charge in [0.25, 0.3) is 0 Å². The zero-order valence-corrected chi connectivity index (χ0v) is 11.6. The highest BCUT2D eigenvalue weighted by atomic mass is 16.1. The topological polar surface area (TPSA) is 80.0 Å². The summed E-state index contributed by atoms with van der Waals surface area (Å²) in [6, 6.07) is 7.54. The summed E-state index contributed by atoms with van der Waals surface area (Å²) >= 11 is 0. The van der Waals surface area contributed by atoms with Crippen LogP contribution in [0.5, 0.6) is 0 Å². The third kappa shape index (κ3) is 3.60. The van der Waals surface area contributed by atoms with Crippen LogP contribution in [0.4, 0.5) is 11.4 Å². The number of aromatic nitrogens is 1. The summed E-state index contributed by atoms with van der Waals surface area (Å²) in [5.74, 6) is 0.0713. The number of amides is 1. The number of anilines is 2. The van der Waals surface area contributed by atoms with Gasteiger partial charge in [-0.15, -0.1) is 0 Å². The number of rotatable bonds is 6. The molecule has 1 amide bonds. The van der Waals surface area contributed by atoms with Crippen molar-refractivity contribution in [1.82, 2.24) is 10.3 Å². The number of hydrogen-bond donors (Lipinski definition) is 3. The molecule has 0 bridgehead atoms. The van der Waals surface area contributed by atoms with Gasteiger partial charge in [-0.3, -0.25) is 9.78 Å². The lowest BCUT2D eigenvalue weighted by molar-refractivity contribution is -0.120. The zero-order valence-electron chi connectivity index (χ0n) is 11.6. The molecule has 2 rings (SSSR count). The van der Waals surface area contributed by atoms with Crippen molar-refractivity contribution in [1.29, 1.82) is 0 Å². The monoisotopic (exact) mass is 272 g/mol. The summed E-state index contributed by atoms with van der Waals surface area (Å²) in [6.45, 7) is 3.36. The third-order valence-electron chi connectivity index (χ3n) is 3.01. The second-order valence-electron chi connectivity index (χ2n) is 4.66. The van der Waals surface area contributed by atoms with E-state index in [1.54, 1.807) is 6.20 Å². The fraction of sp³-hybridized carbons (Fsp3) is 0.333. The summed E-state index contributed by atoms with van der Waals surface area (Å²) in [4.78, 5) is 15.8. The van der Waals surface area contributed by atoms with Crippen LogP contribution < -0.4 is 16.4 Å². The Labute approximate surface area is 118 Å². The van der Waals surface area contributed by atoms with Gasteiger partial charge in [-0.2, -0.15) is 0 Å². The Morgan fingerprint density at radius 3 is 2.95 bits per heavy atom. The second-order valence-corrected chi connectivity index (χ2v) is 4.66. The molecule has 0 aliphatic rings. The summed E-state index contributed by atoms with van der Waals surface area (Å²) in [7, 11) is 0. The van der Waals surface area contributed by atoms with Crippen LogP contribution in [0.3, 0.4) is 0 Å². The number of pyridine rings is 1. The van der Waals surface area contributed by atoms with E-state index in [0.717, 1.165) is 29.6 Å². The fourth-order valence-corrected chi connectivity index (χ4v) is 1.98. The van der Waals surface area contributed by atoms with E-state index in [2.05, 4.69) is 15.6 Å². The number of nitrogens with one attached hydrogen (secondary N) is 2. The number of carbonyl (C=O) groups excluding carboxylic acids is 1. The van der Waals surface area contributed by atoms with E-state index in [1.807, 2.05) is 31.2 Å². The van der Waals surface area contributed by atoms with Gasteiger partial charge in [-0.25, -0.2) is 0 Å². The first kappa shape index (κ1) is 14.1. The molecule has 0 aliphatic heterocycles. The summed E-state index contributed by atoms with van der Waals surface area (Å²) in [5, 5.41) is 7.14. The molecule has 20 heavy (non-hydrogen) atoms. The Bertz CT molecular complexity index is 597. The summed E-state index contributed by atoms with van der Waals surface area (Å²) in [5.41, 5.74) is 8.27. The minimum Gasteiger partial charge on any atom is -0.399 e. The van der Waals surface area contributed by atoms with Gasteiger partial charge in [-0.1, -0.05) is 6.92 Å². The molecule has 2 aromatic rings. The average molecular weight is 272 g/mol. The van der Waals surface area contributed by atoms with Crippen LogP contribution in [0.2, 0.25) is 0 Å². The van der Waals surface area contributed by atoms with Crippen LogP contribution in [-0.2, 0) is 4.79 Å². The molecule has 0 aliphatic carbocycles. The maximum atomic E-state index is 11.5. The molecule has 0 spiro atoms. The van der Waals surface area contributed by atoms with Crippen molar-refractivity contribution in [3.05, 3.63) is 30.5 Å². The highest BCUT2D eigenvalue weighted by molar-refractivity contribution is 5.92. The highest BCUT2D eigenvalue weighted by Gasteiger charge is 2.03. The normalized spacial score (nSPS) is 10.4. The van der Waals surface area contributed by atoms with Gasteiger partial charge in [0.15, 0.2) is 0 Å². The summed E-state index contributed by atoms with van der Waals surface area (Å²) in [6.07, 6.45) is 3.15. The van der Waals surface area contributed by atoms with Crippen molar-refractivity contribution in [3.63, 3.8) is 0 Å². The van der Waals surface area contributed by atoms with E-state index < -0.39 is 0 Å². The number of carbonyl (C=O) groups is 1. The van der Waals surface area contributed by atoms with E-state index in [-0.39, 0.29) is 5.91 Å².